The van der Waals surface area contributed by atoms with Crippen LogP contribution in [-0.4, -0.2) is 26.8 Å². The highest BCUT2D eigenvalue weighted by atomic mass is 16.6. The summed E-state index contributed by atoms with van der Waals surface area (Å²) in [6, 6.07) is 9.50. The number of rotatable bonds is 7. The van der Waals surface area contributed by atoms with Crippen LogP contribution in [0.3, 0.4) is 0 Å². The summed E-state index contributed by atoms with van der Waals surface area (Å²) in [5, 5.41) is 10.8. The van der Waals surface area contributed by atoms with Crippen LogP contribution in [0.2, 0.25) is 0 Å². The molecular weight excluding hydrogens is 270 g/mol. The van der Waals surface area contributed by atoms with E-state index in [1.54, 1.807) is 24.0 Å². The number of ketones is 1. The van der Waals surface area contributed by atoms with E-state index in [0.717, 1.165) is 5.56 Å². The summed E-state index contributed by atoms with van der Waals surface area (Å²) in [6.07, 6.45) is 3.87. The van der Waals surface area contributed by atoms with Gasteiger partial charge in [-0.1, -0.05) is 30.3 Å². The molecule has 0 aliphatic rings. The van der Waals surface area contributed by atoms with Gasteiger partial charge in [-0.3, -0.25) is 14.9 Å². The summed E-state index contributed by atoms with van der Waals surface area (Å²) in [4.78, 5) is 26.6. The summed E-state index contributed by atoms with van der Waals surface area (Å²) in [6.45, 7) is -0.217. The van der Waals surface area contributed by atoms with Crippen LogP contribution >= 0.6 is 0 Å². The Morgan fingerprint density at radius 2 is 2.10 bits per heavy atom. The van der Waals surface area contributed by atoms with Gasteiger partial charge in [0.2, 0.25) is 6.54 Å². The second-order valence-electron chi connectivity index (χ2n) is 5.06. The first-order valence-electron chi connectivity index (χ1n) is 6.72. The number of carbonyl (C=O) groups excluding carboxylic acids is 1. The largest absolute Gasteiger partial charge is 0.332 e. The lowest BCUT2D eigenvalue weighted by molar-refractivity contribution is -0.487. The van der Waals surface area contributed by atoms with Crippen LogP contribution in [0, 0.1) is 16.0 Å². The molecule has 0 aliphatic heterocycles. The predicted molar refractivity (Wildman–Crippen MR) is 77.7 cm³/mol. The molecule has 1 atom stereocenters. The topological polar surface area (TPSA) is 78.0 Å². The van der Waals surface area contributed by atoms with Crippen LogP contribution in [0.5, 0.6) is 0 Å². The van der Waals surface area contributed by atoms with E-state index in [0.29, 0.717) is 12.2 Å². The van der Waals surface area contributed by atoms with Crippen molar-refractivity contribution in [2.24, 2.45) is 13.0 Å². The zero-order chi connectivity index (χ0) is 15.2. The molecular formula is C15H17N3O3. The quantitative estimate of drug-likeness (QED) is 0.444. The van der Waals surface area contributed by atoms with Crippen molar-refractivity contribution < 1.29 is 9.72 Å². The fourth-order valence-electron chi connectivity index (χ4n) is 2.35. The molecule has 21 heavy (non-hydrogen) atoms. The Balaban J connectivity index is 2.08. The number of benzene rings is 1. The Hall–Kier alpha value is -2.50. The van der Waals surface area contributed by atoms with Gasteiger partial charge >= 0.3 is 0 Å². The van der Waals surface area contributed by atoms with E-state index in [4.69, 9.17) is 0 Å². The van der Waals surface area contributed by atoms with Crippen molar-refractivity contribution in [1.29, 1.82) is 0 Å². The summed E-state index contributed by atoms with van der Waals surface area (Å²) in [5.41, 5.74) is 0.997. The van der Waals surface area contributed by atoms with Crippen molar-refractivity contribution in [1.82, 2.24) is 9.55 Å². The molecule has 0 fully saturated rings. The summed E-state index contributed by atoms with van der Waals surface area (Å²) >= 11 is 0. The average Bonchev–Trinajstić information content (AvgIpc) is 2.85. The number of carbonyl (C=O) groups is 1. The molecule has 0 spiro atoms. The zero-order valence-electron chi connectivity index (χ0n) is 11.8. The Morgan fingerprint density at radius 3 is 2.67 bits per heavy atom. The van der Waals surface area contributed by atoms with Gasteiger partial charge in [0, 0.05) is 36.7 Å². The zero-order valence-corrected chi connectivity index (χ0v) is 11.8. The van der Waals surface area contributed by atoms with Crippen LogP contribution in [0.15, 0.2) is 42.7 Å². The molecule has 2 aromatic rings. The SMILES string of the molecule is Cn1ccnc1C(=O)CC(Cc1ccccc1)C[N+](=O)[O-]. The third-order valence-corrected chi connectivity index (χ3v) is 3.32. The van der Waals surface area contributed by atoms with Gasteiger partial charge in [0.1, 0.15) is 0 Å². The lowest BCUT2D eigenvalue weighted by Crippen LogP contribution is -2.21. The molecule has 0 bridgehead atoms. The first kappa shape index (κ1) is 14.9. The van der Waals surface area contributed by atoms with Crippen LogP contribution in [0.4, 0.5) is 0 Å². The van der Waals surface area contributed by atoms with E-state index in [1.165, 1.54) is 0 Å². The lowest BCUT2D eigenvalue weighted by Gasteiger charge is -2.12. The summed E-state index contributed by atoms with van der Waals surface area (Å²) < 4.78 is 1.63. The third-order valence-electron chi connectivity index (χ3n) is 3.32. The molecule has 0 N–H and O–H groups in total. The molecule has 0 radical (unpaired) electrons. The first-order chi connectivity index (χ1) is 10.1. The van der Waals surface area contributed by atoms with Crippen molar-refractivity contribution in [3.8, 4) is 0 Å². The summed E-state index contributed by atoms with van der Waals surface area (Å²) in [7, 11) is 1.74. The van der Waals surface area contributed by atoms with E-state index < -0.39 is 0 Å². The molecule has 1 unspecified atom stereocenters. The van der Waals surface area contributed by atoms with Gasteiger partial charge < -0.3 is 4.57 Å². The molecule has 0 saturated carbocycles. The van der Waals surface area contributed by atoms with Gasteiger partial charge in [-0.2, -0.15) is 0 Å². The Morgan fingerprint density at radius 1 is 1.38 bits per heavy atom. The van der Waals surface area contributed by atoms with Gasteiger partial charge in [-0.15, -0.1) is 0 Å². The second-order valence-corrected chi connectivity index (χ2v) is 5.06. The highest BCUT2D eigenvalue weighted by molar-refractivity contribution is 5.92. The molecule has 2 rings (SSSR count). The minimum absolute atomic E-state index is 0.126. The van der Waals surface area contributed by atoms with Crippen molar-refractivity contribution in [3.63, 3.8) is 0 Å². The van der Waals surface area contributed by atoms with Crippen LogP contribution in [-0.2, 0) is 13.5 Å². The molecule has 0 aliphatic carbocycles. The Kier molecular flexibility index (Phi) is 4.81. The van der Waals surface area contributed by atoms with Gasteiger partial charge in [-0.25, -0.2) is 4.98 Å². The van der Waals surface area contributed by atoms with Gasteiger partial charge in [0.15, 0.2) is 11.6 Å². The normalized spacial score (nSPS) is 12.0. The van der Waals surface area contributed by atoms with E-state index in [2.05, 4.69) is 4.98 Å². The maximum absolute atomic E-state index is 12.2. The van der Waals surface area contributed by atoms with E-state index in [9.17, 15) is 14.9 Å². The lowest BCUT2D eigenvalue weighted by atomic mass is 9.94. The Bertz CT molecular complexity index is 622. The molecule has 1 aromatic heterocycles. The van der Waals surface area contributed by atoms with Crippen molar-refractivity contribution in [2.45, 2.75) is 12.8 Å². The number of aryl methyl sites for hydroxylation is 1. The fraction of sp³-hybridized carbons (Fsp3) is 0.333. The number of hydrogen-bond donors (Lipinski definition) is 0. The van der Waals surface area contributed by atoms with E-state index in [1.807, 2.05) is 30.3 Å². The highest BCUT2D eigenvalue weighted by Gasteiger charge is 2.22. The number of aromatic nitrogens is 2. The number of nitrogens with zero attached hydrogens (tertiary/aromatic N) is 3. The first-order valence-corrected chi connectivity index (χ1v) is 6.72. The minimum atomic E-state index is -0.362. The average molecular weight is 287 g/mol. The number of nitro groups is 1. The molecule has 0 amide bonds. The standard InChI is InChI=1S/C15H17N3O3/c1-17-8-7-16-15(17)14(19)10-13(11-18(20)21)9-12-5-3-2-4-6-12/h2-8,13H,9-11H2,1H3. The van der Waals surface area contributed by atoms with Crippen LogP contribution in [0.25, 0.3) is 0 Å². The highest BCUT2D eigenvalue weighted by Crippen LogP contribution is 2.15. The number of imidazole rings is 1. The van der Waals surface area contributed by atoms with Crippen molar-refractivity contribution >= 4 is 5.78 Å². The smallest absolute Gasteiger partial charge is 0.207 e. The third kappa shape index (κ3) is 4.24. The molecule has 6 nitrogen and oxygen atoms in total. The number of Topliss-reactive ketones (excluding diaryl/α,β-unsaturated/α-hetero) is 1. The maximum atomic E-state index is 12.2. The molecule has 0 saturated heterocycles. The minimum Gasteiger partial charge on any atom is -0.332 e. The van der Waals surface area contributed by atoms with Gasteiger partial charge in [0.05, 0.1) is 0 Å². The fourth-order valence-corrected chi connectivity index (χ4v) is 2.35. The Labute approximate surface area is 122 Å². The monoisotopic (exact) mass is 287 g/mol. The van der Waals surface area contributed by atoms with Crippen molar-refractivity contribution in [2.75, 3.05) is 6.54 Å². The molecule has 6 heteroatoms. The van der Waals surface area contributed by atoms with Gasteiger partial charge in [-0.05, 0) is 12.0 Å². The summed E-state index contributed by atoms with van der Waals surface area (Å²) in [5.74, 6) is -0.145. The van der Waals surface area contributed by atoms with E-state index >= 15 is 0 Å². The molecule has 110 valence electrons. The van der Waals surface area contributed by atoms with Crippen molar-refractivity contribution in [3.05, 3.63) is 64.2 Å². The van der Waals surface area contributed by atoms with Gasteiger partial charge in [0.25, 0.3) is 0 Å². The molecule has 1 heterocycles. The van der Waals surface area contributed by atoms with Crippen LogP contribution < -0.4 is 0 Å². The predicted octanol–water partition coefficient (Wildman–Crippen LogP) is 2.13. The number of hydrogen-bond acceptors (Lipinski definition) is 4. The maximum Gasteiger partial charge on any atom is 0.207 e. The van der Waals surface area contributed by atoms with E-state index in [-0.39, 0.29) is 29.6 Å². The molecule has 1 aromatic carbocycles. The second kappa shape index (κ2) is 6.78. The van der Waals surface area contributed by atoms with Crippen LogP contribution in [0.1, 0.15) is 22.6 Å².